The summed E-state index contributed by atoms with van der Waals surface area (Å²) in [4.78, 5) is 12.7. The zero-order valence-electron chi connectivity index (χ0n) is 9.66. The standard InChI is InChI=1S/C12H17N3O/c1-12(2,16-13)8-7-11-14-9-5-3-4-6-10(9)15-11/h3-6H,7-8,13H2,1-2H3,(H,14,15). The molecule has 0 saturated heterocycles. The summed E-state index contributed by atoms with van der Waals surface area (Å²) in [5, 5.41) is 0. The van der Waals surface area contributed by atoms with Crippen LogP contribution < -0.4 is 5.90 Å². The van der Waals surface area contributed by atoms with E-state index in [4.69, 9.17) is 10.7 Å². The molecule has 2 aromatic rings. The summed E-state index contributed by atoms with van der Waals surface area (Å²) in [5.74, 6) is 6.19. The van der Waals surface area contributed by atoms with Crippen molar-refractivity contribution in [3.63, 3.8) is 0 Å². The van der Waals surface area contributed by atoms with Gasteiger partial charge in [-0.3, -0.25) is 4.84 Å². The highest BCUT2D eigenvalue weighted by atomic mass is 16.6. The number of aromatic nitrogens is 2. The van der Waals surface area contributed by atoms with E-state index in [-0.39, 0.29) is 5.60 Å². The van der Waals surface area contributed by atoms with Crippen LogP contribution in [-0.4, -0.2) is 15.6 Å². The minimum absolute atomic E-state index is 0.307. The minimum atomic E-state index is -0.307. The summed E-state index contributed by atoms with van der Waals surface area (Å²) in [6.45, 7) is 3.94. The molecule has 0 aliphatic rings. The lowest BCUT2D eigenvalue weighted by atomic mass is 10.0. The maximum Gasteiger partial charge on any atom is 0.107 e. The number of hydrogen-bond donors (Lipinski definition) is 2. The molecule has 0 radical (unpaired) electrons. The third-order valence-corrected chi connectivity index (χ3v) is 2.72. The van der Waals surface area contributed by atoms with E-state index in [0.29, 0.717) is 0 Å². The molecule has 1 aromatic carbocycles. The van der Waals surface area contributed by atoms with Crippen molar-refractivity contribution in [3.8, 4) is 0 Å². The molecule has 86 valence electrons. The van der Waals surface area contributed by atoms with Gasteiger partial charge in [-0.2, -0.15) is 0 Å². The number of H-pyrrole nitrogens is 1. The van der Waals surface area contributed by atoms with E-state index in [9.17, 15) is 0 Å². The van der Waals surface area contributed by atoms with Gasteiger partial charge in [0.05, 0.1) is 16.6 Å². The molecule has 0 atom stereocenters. The molecule has 0 unspecified atom stereocenters. The van der Waals surface area contributed by atoms with Gasteiger partial charge in [0.1, 0.15) is 5.82 Å². The highest BCUT2D eigenvalue weighted by molar-refractivity contribution is 5.74. The second kappa shape index (κ2) is 4.23. The number of imidazole rings is 1. The number of fused-ring (bicyclic) bond motifs is 1. The summed E-state index contributed by atoms with van der Waals surface area (Å²) in [5.41, 5.74) is 1.77. The Bertz CT molecular complexity index is 443. The Balaban J connectivity index is 2.10. The molecule has 4 nitrogen and oxygen atoms in total. The van der Waals surface area contributed by atoms with E-state index < -0.39 is 0 Å². The number of benzene rings is 1. The summed E-state index contributed by atoms with van der Waals surface area (Å²) in [6, 6.07) is 8.01. The molecule has 4 heteroatoms. The van der Waals surface area contributed by atoms with Crippen LogP contribution in [0.15, 0.2) is 24.3 Å². The average Bonchev–Trinajstić information content (AvgIpc) is 2.69. The first-order valence-electron chi connectivity index (χ1n) is 5.42. The predicted octanol–water partition coefficient (Wildman–Crippen LogP) is 2.16. The van der Waals surface area contributed by atoms with E-state index >= 15 is 0 Å². The fourth-order valence-corrected chi connectivity index (χ4v) is 1.60. The van der Waals surface area contributed by atoms with Gasteiger partial charge in [0.15, 0.2) is 0 Å². The molecule has 0 amide bonds. The quantitative estimate of drug-likeness (QED) is 0.774. The van der Waals surface area contributed by atoms with Crippen molar-refractivity contribution in [2.45, 2.75) is 32.3 Å². The molecule has 3 N–H and O–H groups in total. The zero-order chi connectivity index (χ0) is 11.6. The molecular weight excluding hydrogens is 202 g/mol. The van der Waals surface area contributed by atoms with Crippen LogP contribution in [0.3, 0.4) is 0 Å². The number of nitrogens with two attached hydrogens (primary N) is 1. The van der Waals surface area contributed by atoms with E-state index in [1.807, 2.05) is 38.1 Å². The third kappa shape index (κ3) is 2.40. The molecule has 0 spiro atoms. The molecule has 0 saturated carbocycles. The van der Waals surface area contributed by atoms with E-state index in [0.717, 1.165) is 29.7 Å². The average molecular weight is 219 g/mol. The Morgan fingerprint density at radius 1 is 1.38 bits per heavy atom. The number of para-hydroxylation sites is 2. The van der Waals surface area contributed by atoms with Crippen molar-refractivity contribution in [1.82, 2.24) is 9.97 Å². The molecule has 0 aliphatic carbocycles. The third-order valence-electron chi connectivity index (χ3n) is 2.72. The van der Waals surface area contributed by atoms with Crippen LogP contribution in [0.2, 0.25) is 0 Å². The summed E-state index contributed by atoms with van der Waals surface area (Å²) < 4.78 is 0. The number of hydrogen-bond acceptors (Lipinski definition) is 3. The number of aryl methyl sites for hydroxylation is 1. The monoisotopic (exact) mass is 219 g/mol. The molecular formula is C12H17N3O. The summed E-state index contributed by atoms with van der Waals surface area (Å²) in [6.07, 6.45) is 1.67. The molecule has 1 heterocycles. The largest absolute Gasteiger partial charge is 0.342 e. The van der Waals surface area contributed by atoms with Gasteiger partial charge in [-0.15, -0.1) is 0 Å². The van der Waals surface area contributed by atoms with Crippen molar-refractivity contribution in [2.24, 2.45) is 5.90 Å². The van der Waals surface area contributed by atoms with Crippen molar-refractivity contribution in [1.29, 1.82) is 0 Å². The normalized spacial score (nSPS) is 12.2. The fourth-order valence-electron chi connectivity index (χ4n) is 1.60. The van der Waals surface area contributed by atoms with Crippen LogP contribution in [0.25, 0.3) is 11.0 Å². The maximum absolute atomic E-state index is 5.21. The smallest absolute Gasteiger partial charge is 0.107 e. The van der Waals surface area contributed by atoms with E-state index in [2.05, 4.69) is 9.97 Å². The Kier molecular flexibility index (Phi) is 2.94. The van der Waals surface area contributed by atoms with Gasteiger partial charge >= 0.3 is 0 Å². The topological polar surface area (TPSA) is 63.9 Å². The van der Waals surface area contributed by atoms with Crippen molar-refractivity contribution < 1.29 is 4.84 Å². The Morgan fingerprint density at radius 2 is 2.12 bits per heavy atom. The lowest BCUT2D eigenvalue weighted by molar-refractivity contribution is -0.0253. The summed E-state index contributed by atoms with van der Waals surface area (Å²) in [7, 11) is 0. The number of nitrogens with zero attached hydrogens (tertiary/aromatic N) is 1. The number of nitrogens with one attached hydrogen (secondary N) is 1. The van der Waals surface area contributed by atoms with E-state index in [1.165, 1.54) is 0 Å². The minimum Gasteiger partial charge on any atom is -0.342 e. The van der Waals surface area contributed by atoms with Gasteiger partial charge in [-0.25, -0.2) is 10.9 Å². The SMILES string of the molecule is CC(C)(CCc1nc2ccccc2[nH]1)ON. The predicted molar refractivity (Wildman–Crippen MR) is 63.8 cm³/mol. The zero-order valence-corrected chi connectivity index (χ0v) is 9.66. The lowest BCUT2D eigenvalue weighted by Gasteiger charge is -2.20. The van der Waals surface area contributed by atoms with Gasteiger partial charge in [0, 0.05) is 6.42 Å². The van der Waals surface area contributed by atoms with Crippen molar-refractivity contribution in [3.05, 3.63) is 30.1 Å². The Hall–Kier alpha value is -1.39. The van der Waals surface area contributed by atoms with Gasteiger partial charge in [0.2, 0.25) is 0 Å². The van der Waals surface area contributed by atoms with Crippen LogP contribution in [0.1, 0.15) is 26.1 Å². The Labute approximate surface area is 94.8 Å². The van der Waals surface area contributed by atoms with Gasteiger partial charge < -0.3 is 4.98 Å². The van der Waals surface area contributed by atoms with Crippen LogP contribution >= 0.6 is 0 Å². The van der Waals surface area contributed by atoms with Gasteiger partial charge in [0.25, 0.3) is 0 Å². The van der Waals surface area contributed by atoms with Crippen LogP contribution in [0.5, 0.6) is 0 Å². The fraction of sp³-hybridized carbons (Fsp3) is 0.417. The van der Waals surface area contributed by atoms with Gasteiger partial charge in [-0.1, -0.05) is 12.1 Å². The van der Waals surface area contributed by atoms with Crippen molar-refractivity contribution in [2.75, 3.05) is 0 Å². The first kappa shape index (κ1) is 11.1. The first-order chi connectivity index (χ1) is 7.61. The second-order valence-electron chi connectivity index (χ2n) is 4.58. The number of aromatic amines is 1. The second-order valence-corrected chi connectivity index (χ2v) is 4.58. The molecule has 0 fully saturated rings. The van der Waals surface area contributed by atoms with E-state index in [1.54, 1.807) is 0 Å². The van der Waals surface area contributed by atoms with Gasteiger partial charge in [-0.05, 0) is 32.4 Å². The maximum atomic E-state index is 5.21. The van der Waals surface area contributed by atoms with Crippen LogP contribution in [0.4, 0.5) is 0 Å². The highest BCUT2D eigenvalue weighted by Crippen LogP contribution is 2.16. The Morgan fingerprint density at radius 3 is 2.81 bits per heavy atom. The molecule has 0 aliphatic heterocycles. The highest BCUT2D eigenvalue weighted by Gasteiger charge is 2.17. The first-order valence-corrected chi connectivity index (χ1v) is 5.42. The lowest BCUT2D eigenvalue weighted by Crippen LogP contribution is -2.28. The van der Waals surface area contributed by atoms with Crippen LogP contribution in [-0.2, 0) is 11.3 Å². The van der Waals surface area contributed by atoms with Crippen molar-refractivity contribution >= 4 is 11.0 Å². The molecule has 2 rings (SSSR count). The molecule has 0 bridgehead atoms. The van der Waals surface area contributed by atoms with Crippen LogP contribution in [0, 0.1) is 0 Å². The number of rotatable bonds is 4. The molecule has 16 heavy (non-hydrogen) atoms. The molecule has 1 aromatic heterocycles. The summed E-state index contributed by atoms with van der Waals surface area (Å²) >= 11 is 0.